The zero-order chi connectivity index (χ0) is 23.4. The molecule has 0 radical (unpaired) electrons. The number of hydrogen-bond acceptors (Lipinski definition) is 4. The van der Waals surface area contributed by atoms with Crippen LogP contribution in [0.5, 0.6) is 5.75 Å². The van der Waals surface area contributed by atoms with Gasteiger partial charge in [-0.2, -0.15) is 0 Å². The molecular formula is C26H34N2O4S. The molecule has 1 heterocycles. The molecule has 2 aromatic carbocycles. The van der Waals surface area contributed by atoms with Gasteiger partial charge in [0.1, 0.15) is 5.75 Å². The van der Waals surface area contributed by atoms with Crippen molar-refractivity contribution in [2.75, 3.05) is 26.7 Å². The maximum Gasteiger partial charge on any atom is 0.240 e. The SMILES string of the molecule is COc1ccc2c(c1)CCCC2CC(=O)N1CCCC(CNS(=O)(=O)c2ccc(C)cc2)C1. The quantitative estimate of drug-likeness (QED) is 0.663. The number of likely N-dealkylation sites (tertiary alicyclic amines) is 1. The smallest absolute Gasteiger partial charge is 0.240 e. The Morgan fingerprint density at radius 3 is 2.67 bits per heavy atom. The van der Waals surface area contributed by atoms with Crippen LogP contribution < -0.4 is 9.46 Å². The normalized spacial score (nSPS) is 20.8. The first-order chi connectivity index (χ1) is 15.9. The molecule has 7 heteroatoms. The molecule has 1 aliphatic heterocycles. The lowest BCUT2D eigenvalue weighted by Gasteiger charge is -2.34. The van der Waals surface area contributed by atoms with Gasteiger partial charge < -0.3 is 9.64 Å². The summed E-state index contributed by atoms with van der Waals surface area (Å²) in [6.45, 7) is 3.64. The molecule has 2 unspecified atom stereocenters. The van der Waals surface area contributed by atoms with Crippen molar-refractivity contribution >= 4 is 15.9 Å². The Morgan fingerprint density at radius 1 is 1.12 bits per heavy atom. The first-order valence-electron chi connectivity index (χ1n) is 11.9. The number of rotatable bonds is 7. The molecule has 1 fully saturated rings. The Bertz CT molecular complexity index is 1080. The summed E-state index contributed by atoms with van der Waals surface area (Å²) in [5, 5.41) is 0. The molecule has 1 amide bonds. The number of methoxy groups -OCH3 is 1. The van der Waals surface area contributed by atoms with Crippen molar-refractivity contribution in [1.29, 1.82) is 0 Å². The van der Waals surface area contributed by atoms with Crippen LogP contribution >= 0.6 is 0 Å². The minimum atomic E-state index is -3.54. The Labute approximate surface area is 197 Å². The van der Waals surface area contributed by atoms with Gasteiger partial charge in [-0.25, -0.2) is 13.1 Å². The molecule has 0 saturated carbocycles. The van der Waals surface area contributed by atoms with E-state index in [9.17, 15) is 13.2 Å². The van der Waals surface area contributed by atoms with Gasteiger partial charge in [0.05, 0.1) is 12.0 Å². The first-order valence-corrected chi connectivity index (χ1v) is 13.3. The molecule has 33 heavy (non-hydrogen) atoms. The monoisotopic (exact) mass is 470 g/mol. The summed E-state index contributed by atoms with van der Waals surface area (Å²) in [6, 6.07) is 13.1. The van der Waals surface area contributed by atoms with E-state index in [1.54, 1.807) is 31.4 Å². The number of aryl methyl sites for hydroxylation is 2. The van der Waals surface area contributed by atoms with Crippen molar-refractivity contribution in [3.05, 3.63) is 59.2 Å². The van der Waals surface area contributed by atoms with Gasteiger partial charge in [-0.05, 0) is 86.3 Å². The number of carbonyl (C=O) groups excluding carboxylic acids is 1. The van der Waals surface area contributed by atoms with Gasteiger partial charge in [0.2, 0.25) is 15.9 Å². The predicted octanol–water partition coefficient (Wildman–Crippen LogP) is 4.03. The maximum absolute atomic E-state index is 13.2. The average Bonchev–Trinajstić information content (AvgIpc) is 2.83. The lowest BCUT2D eigenvalue weighted by Crippen LogP contribution is -2.44. The van der Waals surface area contributed by atoms with Crippen LogP contribution in [0.25, 0.3) is 0 Å². The number of benzene rings is 2. The van der Waals surface area contributed by atoms with Crippen LogP contribution in [0.15, 0.2) is 47.4 Å². The summed E-state index contributed by atoms with van der Waals surface area (Å²) >= 11 is 0. The van der Waals surface area contributed by atoms with Crippen LogP contribution in [0.2, 0.25) is 0 Å². The molecule has 2 atom stereocenters. The Kier molecular flexibility index (Phi) is 7.39. The van der Waals surface area contributed by atoms with Gasteiger partial charge in [-0.15, -0.1) is 0 Å². The number of carbonyl (C=O) groups is 1. The first kappa shape index (κ1) is 23.8. The van der Waals surface area contributed by atoms with Gasteiger partial charge in [0, 0.05) is 26.1 Å². The highest BCUT2D eigenvalue weighted by Gasteiger charge is 2.29. The Morgan fingerprint density at radius 2 is 1.91 bits per heavy atom. The third-order valence-electron chi connectivity index (χ3n) is 6.97. The Balaban J connectivity index is 1.34. The predicted molar refractivity (Wildman–Crippen MR) is 129 cm³/mol. The fourth-order valence-corrected chi connectivity index (χ4v) is 6.17. The topological polar surface area (TPSA) is 75.7 Å². The number of nitrogens with one attached hydrogen (secondary N) is 1. The van der Waals surface area contributed by atoms with Crippen LogP contribution in [-0.4, -0.2) is 46.0 Å². The van der Waals surface area contributed by atoms with Crippen molar-refractivity contribution in [1.82, 2.24) is 9.62 Å². The van der Waals surface area contributed by atoms with E-state index in [2.05, 4.69) is 16.9 Å². The van der Waals surface area contributed by atoms with E-state index in [1.807, 2.05) is 17.9 Å². The molecule has 1 N–H and O–H groups in total. The van der Waals surface area contributed by atoms with Crippen LogP contribution in [-0.2, 0) is 21.2 Å². The van der Waals surface area contributed by atoms with E-state index >= 15 is 0 Å². The molecule has 178 valence electrons. The van der Waals surface area contributed by atoms with Crippen LogP contribution in [0.3, 0.4) is 0 Å². The number of nitrogens with zero attached hydrogens (tertiary/aromatic N) is 1. The molecule has 0 bridgehead atoms. The maximum atomic E-state index is 13.2. The van der Waals surface area contributed by atoms with E-state index in [4.69, 9.17) is 4.74 Å². The van der Waals surface area contributed by atoms with Gasteiger partial charge >= 0.3 is 0 Å². The number of amides is 1. The number of sulfonamides is 1. The zero-order valence-corrected chi connectivity index (χ0v) is 20.4. The standard InChI is InChI=1S/C26H34N2O4S/c1-19-8-11-24(12-9-19)33(30,31)27-17-20-5-4-14-28(18-20)26(29)16-22-7-3-6-21-15-23(32-2)10-13-25(21)22/h8-13,15,20,22,27H,3-7,14,16-18H2,1-2H3. The summed E-state index contributed by atoms with van der Waals surface area (Å²) in [6.07, 6.45) is 5.48. The molecular weight excluding hydrogens is 436 g/mol. The van der Waals surface area contributed by atoms with E-state index in [0.29, 0.717) is 19.5 Å². The average molecular weight is 471 g/mol. The summed E-state index contributed by atoms with van der Waals surface area (Å²) in [5.74, 6) is 1.42. The molecule has 2 aliphatic rings. The summed E-state index contributed by atoms with van der Waals surface area (Å²) in [4.78, 5) is 15.4. The van der Waals surface area contributed by atoms with E-state index in [-0.39, 0.29) is 22.6 Å². The van der Waals surface area contributed by atoms with E-state index in [1.165, 1.54) is 11.1 Å². The highest BCUT2D eigenvalue weighted by atomic mass is 32.2. The van der Waals surface area contributed by atoms with E-state index < -0.39 is 10.0 Å². The summed E-state index contributed by atoms with van der Waals surface area (Å²) in [5.41, 5.74) is 3.59. The molecule has 2 aromatic rings. The second-order valence-electron chi connectivity index (χ2n) is 9.37. The minimum Gasteiger partial charge on any atom is -0.497 e. The fourth-order valence-electron chi connectivity index (χ4n) is 5.06. The molecule has 1 aliphatic carbocycles. The van der Waals surface area contributed by atoms with Crippen molar-refractivity contribution in [3.63, 3.8) is 0 Å². The molecule has 0 spiro atoms. The van der Waals surface area contributed by atoms with Crippen molar-refractivity contribution in [3.8, 4) is 5.75 Å². The second kappa shape index (κ2) is 10.3. The highest BCUT2D eigenvalue weighted by Crippen LogP contribution is 2.36. The van der Waals surface area contributed by atoms with Gasteiger partial charge in [-0.3, -0.25) is 4.79 Å². The Hall–Kier alpha value is -2.38. The molecule has 0 aromatic heterocycles. The molecule has 6 nitrogen and oxygen atoms in total. The lowest BCUT2D eigenvalue weighted by molar-refractivity contribution is -0.133. The zero-order valence-electron chi connectivity index (χ0n) is 19.5. The fraction of sp³-hybridized carbons (Fsp3) is 0.500. The molecule has 4 rings (SSSR count). The van der Waals surface area contributed by atoms with E-state index in [0.717, 1.165) is 50.0 Å². The largest absolute Gasteiger partial charge is 0.497 e. The summed E-state index contributed by atoms with van der Waals surface area (Å²) in [7, 11) is -1.86. The number of fused-ring (bicyclic) bond motifs is 1. The third kappa shape index (κ3) is 5.76. The summed E-state index contributed by atoms with van der Waals surface area (Å²) < 4.78 is 33.4. The van der Waals surface area contributed by atoms with Gasteiger partial charge in [0.25, 0.3) is 0 Å². The second-order valence-corrected chi connectivity index (χ2v) is 11.1. The van der Waals surface area contributed by atoms with Crippen molar-refractivity contribution in [2.24, 2.45) is 5.92 Å². The molecule has 1 saturated heterocycles. The number of hydrogen-bond donors (Lipinski definition) is 1. The van der Waals surface area contributed by atoms with Gasteiger partial charge in [0.15, 0.2) is 0 Å². The van der Waals surface area contributed by atoms with Crippen molar-refractivity contribution in [2.45, 2.75) is 56.3 Å². The van der Waals surface area contributed by atoms with Gasteiger partial charge in [-0.1, -0.05) is 23.8 Å². The van der Waals surface area contributed by atoms with Crippen LogP contribution in [0.1, 0.15) is 54.7 Å². The number of piperidine rings is 1. The van der Waals surface area contributed by atoms with Crippen molar-refractivity contribution < 1.29 is 17.9 Å². The third-order valence-corrected chi connectivity index (χ3v) is 8.41. The number of ether oxygens (including phenoxy) is 1. The minimum absolute atomic E-state index is 0.130. The lowest BCUT2D eigenvalue weighted by atomic mass is 9.80. The van der Waals surface area contributed by atoms with Crippen LogP contribution in [0.4, 0.5) is 0 Å². The highest BCUT2D eigenvalue weighted by molar-refractivity contribution is 7.89. The van der Waals surface area contributed by atoms with Crippen LogP contribution in [0, 0.1) is 12.8 Å².